The average Bonchev–Trinajstić information content (AvgIpc) is 3.01. The highest BCUT2D eigenvalue weighted by atomic mass is 15.2. The Bertz CT molecular complexity index is 403. The van der Waals surface area contributed by atoms with Crippen molar-refractivity contribution in [2.75, 3.05) is 19.6 Å². The highest BCUT2D eigenvalue weighted by Gasteiger charge is 2.42. The van der Waals surface area contributed by atoms with Crippen LogP contribution in [0.4, 0.5) is 0 Å². The van der Waals surface area contributed by atoms with E-state index in [0.29, 0.717) is 6.04 Å². The molecule has 104 valence electrons. The monoisotopic (exact) mass is 258 g/mol. The first-order valence-electron chi connectivity index (χ1n) is 7.76. The SMILES string of the molecule is CC(CCc1ccccc1)N1CC2CNCC2C1C. The Labute approximate surface area is 117 Å². The molecule has 1 aromatic rings. The Balaban J connectivity index is 1.55. The van der Waals surface area contributed by atoms with Crippen LogP contribution in [0.1, 0.15) is 25.8 Å². The zero-order valence-corrected chi connectivity index (χ0v) is 12.2. The van der Waals surface area contributed by atoms with E-state index in [-0.39, 0.29) is 0 Å². The van der Waals surface area contributed by atoms with Crippen LogP contribution in [0.5, 0.6) is 0 Å². The first kappa shape index (κ1) is 13.1. The Hall–Kier alpha value is -0.860. The van der Waals surface area contributed by atoms with E-state index < -0.39 is 0 Å². The van der Waals surface area contributed by atoms with Gasteiger partial charge in [0, 0.05) is 18.6 Å². The molecule has 0 spiro atoms. The minimum absolute atomic E-state index is 0.709. The molecule has 19 heavy (non-hydrogen) atoms. The fourth-order valence-electron chi connectivity index (χ4n) is 3.97. The second-order valence-corrected chi connectivity index (χ2v) is 6.39. The molecule has 1 aromatic carbocycles. The first-order chi connectivity index (χ1) is 9.25. The largest absolute Gasteiger partial charge is 0.316 e. The van der Waals surface area contributed by atoms with Crippen molar-refractivity contribution in [1.82, 2.24) is 10.2 Å². The molecule has 0 aromatic heterocycles. The van der Waals surface area contributed by atoms with Gasteiger partial charge in [0.15, 0.2) is 0 Å². The van der Waals surface area contributed by atoms with E-state index in [1.165, 1.54) is 38.0 Å². The average molecular weight is 258 g/mol. The van der Waals surface area contributed by atoms with Gasteiger partial charge >= 0.3 is 0 Å². The van der Waals surface area contributed by atoms with Crippen LogP contribution in [0.3, 0.4) is 0 Å². The van der Waals surface area contributed by atoms with E-state index in [4.69, 9.17) is 0 Å². The van der Waals surface area contributed by atoms with E-state index in [0.717, 1.165) is 17.9 Å². The van der Waals surface area contributed by atoms with Gasteiger partial charge in [-0.3, -0.25) is 4.90 Å². The van der Waals surface area contributed by atoms with Crippen molar-refractivity contribution in [3.8, 4) is 0 Å². The summed E-state index contributed by atoms with van der Waals surface area (Å²) in [5.41, 5.74) is 1.48. The van der Waals surface area contributed by atoms with Crippen LogP contribution in [0.2, 0.25) is 0 Å². The predicted molar refractivity (Wildman–Crippen MR) is 80.2 cm³/mol. The number of likely N-dealkylation sites (tertiary alicyclic amines) is 1. The molecule has 2 heterocycles. The summed E-state index contributed by atoms with van der Waals surface area (Å²) >= 11 is 0. The third kappa shape index (κ3) is 2.70. The van der Waals surface area contributed by atoms with Crippen LogP contribution in [0.25, 0.3) is 0 Å². The molecule has 2 heteroatoms. The molecule has 4 unspecified atom stereocenters. The molecule has 2 fully saturated rings. The molecule has 0 bridgehead atoms. The summed E-state index contributed by atoms with van der Waals surface area (Å²) < 4.78 is 0. The minimum atomic E-state index is 0.709. The maximum atomic E-state index is 3.55. The number of aryl methyl sites for hydroxylation is 1. The van der Waals surface area contributed by atoms with E-state index >= 15 is 0 Å². The van der Waals surface area contributed by atoms with Gasteiger partial charge in [-0.05, 0) is 57.2 Å². The zero-order valence-electron chi connectivity index (χ0n) is 12.2. The summed E-state index contributed by atoms with van der Waals surface area (Å²) in [6.45, 7) is 8.60. The molecule has 2 saturated heterocycles. The van der Waals surface area contributed by atoms with Gasteiger partial charge in [-0.2, -0.15) is 0 Å². The van der Waals surface area contributed by atoms with Crippen molar-refractivity contribution in [1.29, 1.82) is 0 Å². The molecular weight excluding hydrogens is 232 g/mol. The summed E-state index contributed by atoms with van der Waals surface area (Å²) in [7, 11) is 0. The molecule has 2 nitrogen and oxygen atoms in total. The Morgan fingerprint density at radius 2 is 2.05 bits per heavy atom. The molecule has 0 aliphatic carbocycles. The zero-order chi connectivity index (χ0) is 13.2. The molecule has 4 atom stereocenters. The second-order valence-electron chi connectivity index (χ2n) is 6.39. The van der Waals surface area contributed by atoms with Crippen LogP contribution in [0, 0.1) is 11.8 Å². The summed E-state index contributed by atoms with van der Waals surface area (Å²) in [5.74, 6) is 1.79. The standard InChI is InChI=1S/C17H26N2/c1-13(8-9-15-6-4-3-5-7-15)19-12-16-10-18-11-17(16)14(19)2/h3-7,13-14,16-18H,8-12H2,1-2H3. The predicted octanol–water partition coefficient (Wildman–Crippen LogP) is 2.55. The fraction of sp³-hybridized carbons (Fsp3) is 0.647. The fourth-order valence-corrected chi connectivity index (χ4v) is 3.97. The van der Waals surface area contributed by atoms with E-state index in [9.17, 15) is 0 Å². The van der Waals surface area contributed by atoms with Crippen LogP contribution in [0.15, 0.2) is 30.3 Å². The quantitative estimate of drug-likeness (QED) is 0.893. The van der Waals surface area contributed by atoms with Crippen molar-refractivity contribution in [2.45, 2.75) is 38.8 Å². The van der Waals surface area contributed by atoms with E-state index in [2.05, 4.69) is 54.4 Å². The normalized spacial score (nSPS) is 32.4. The highest BCUT2D eigenvalue weighted by molar-refractivity contribution is 5.14. The molecule has 1 N–H and O–H groups in total. The van der Waals surface area contributed by atoms with Crippen molar-refractivity contribution >= 4 is 0 Å². The molecule has 3 rings (SSSR count). The van der Waals surface area contributed by atoms with E-state index in [1.807, 2.05) is 0 Å². The summed E-state index contributed by atoms with van der Waals surface area (Å²) in [5, 5.41) is 3.55. The number of nitrogens with one attached hydrogen (secondary N) is 1. The Morgan fingerprint density at radius 3 is 2.79 bits per heavy atom. The van der Waals surface area contributed by atoms with Crippen LogP contribution >= 0.6 is 0 Å². The Morgan fingerprint density at radius 1 is 1.26 bits per heavy atom. The topological polar surface area (TPSA) is 15.3 Å². The van der Waals surface area contributed by atoms with Gasteiger partial charge in [-0.1, -0.05) is 30.3 Å². The van der Waals surface area contributed by atoms with Gasteiger partial charge in [-0.15, -0.1) is 0 Å². The maximum absolute atomic E-state index is 3.55. The summed E-state index contributed by atoms with van der Waals surface area (Å²) in [6, 6.07) is 12.4. The lowest BCUT2D eigenvalue weighted by atomic mass is 9.95. The second kappa shape index (κ2) is 5.64. The van der Waals surface area contributed by atoms with Crippen molar-refractivity contribution < 1.29 is 0 Å². The Kier molecular flexibility index (Phi) is 3.90. The van der Waals surface area contributed by atoms with Gasteiger partial charge in [0.2, 0.25) is 0 Å². The lowest BCUT2D eigenvalue weighted by molar-refractivity contribution is 0.173. The van der Waals surface area contributed by atoms with Crippen LogP contribution < -0.4 is 5.32 Å². The molecule has 2 aliphatic heterocycles. The number of benzene rings is 1. The van der Waals surface area contributed by atoms with Crippen molar-refractivity contribution in [2.24, 2.45) is 11.8 Å². The number of hydrogen-bond donors (Lipinski definition) is 1. The molecule has 0 radical (unpaired) electrons. The smallest absolute Gasteiger partial charge is 0.0114 e. The van der Waals surface area contributed by atoms with Gasteiger partial charge in [-0.25, -0.2) is 0 Å². The minimum Gasteiger partial charge on any atom is -0.316 e. The lowest BCUT2D eigenvalue weighted by Crippen LogP contribution is -2.39. The number of hydrogen-bond acceptors (Lipinski definition) is 2. The molecule has 2 aliphatic rings. The van der Waals surface area contributed by atoms with Crippen LogP contribution in [-0.2, 0) is 6.42 Å². The van der Waals surface area contributed by atoms with Gasteiger partial charge in [0.25, 0.3) is 0 Å². The highest BCUT2D eigenvalue weighted by Crippen LogP contribution is 2.34. The van der Waals surface area contributed by atoms with Gasteiger partial charge in [0.05, 0.1) is 0 Å². The van der Waals surface area contributed by atoms with Crippen LogP contribution in [-0.4, -0.2) is 36.6 Å². The summed E-state index contributed by atoms with van der Waals surface area (Å²) in [6.07, 6.45) is 2.49. The number of nitrogens with zero attached hydrogens (tertiary/aromatic N) is 1. The number of fused-ring (bicyclic) bond motifs is 1. The molecule has 0 saturated carbocycles. The third-order valence-corrected chi connectivity index (χ3v) is 5.24. The molecular formula is C17H26N2. The maximum Gasteiger partial charge on any atom is 0.0114 e. The third-order valence-electron chi connectivity index (χ3n) is 5.24. The summed E-state index contributed by atoms with van der Waals surface area (Å²) in [4.78, 5) is 2.75. The van der Waals surface area contributed by atoms with Gasteiger partial charge < -0.3 is 5.32 Å². The molecule has 0 amide bonds. The van der Waals surface area contributed by atoms with E-state index in [1.54, 1.807) is 0 Å². The number of rotatable bonds is 4. The first-order valence-corrected chi connectivity index (χ1v) is 7.76. The van der Waals surface area contributed by atoms with Gasteiger partial charge in [0.1, 0.15) is 0 Å². The van der Waals surface area contributed by atoms with Crippen molar-refractivity contribution in [3.63, 3.8) is 0 Å². The lowest BCUT2D eigenvalue weighted by Gasteiger charge is -2.30. The van der Waals surface area contributed by atoms with Crippen molar-refractivity contribution in [3.05, 3.63) is 35.9 Å².